The second-order valence-electron chi connectivity index (χ2n) is 12.7. The number of carboxylic acids is 1. The standard InChI is InChI=1S/C39H47FN2O5/c1-8-22(2)37-36(39(47)41-30-17-12-23(3)25(5)18-30)35(32-11-9-10-24(4)27(32)7)38(28-13-15-29(40)16-14-28)42(37)21-26(6)33(44)19-31(43)20-34(45)46/h9-18,22,26,31,33,43-44H,8,19-21H2,1-7H3,(H,41,47)(H,45,46)/t22?,26?,31-,33+/m1/s1/i20D2. The number of carbonyl (C=O) groups excluding carboxylic acids is 1. The maximum absolute atomic E-state index is 14.7. The Morgan fingerprint density at radius 2 is 1.64 bits per heavy atom. The van der Waals surface area contributed by atoms with E-state index in [1.807, 2.05) is 82.5 Å². The summed E-state index contributed by atoms with van der Waals surface area (Å²) in [5, 5.41) is 34.1. The predicted molar refractivity (Wildman–Crippen MR) is 185 cm³/mol. The van der Waals surface area contributed by atoms with E-state index in [4.69, 9.17) is 2.74 Å². The number of hydrogen-bond acceptors (Lipinski definition) is 4. The van der Waals surface area contributed by atoms with Crippen molar-refractivity contribution >= 4 is 17.6 Å². The number of halogens is 1. The Balaban J connectivity index is 2.02. The third kappa shape index (κ3) is 8.00. The van der Waals surface area contributed by atoms with Gasteiger partial charge in [0.05, 0.1) is 29.8 Å². The molecule has 3 aromatic carbocycles. The van der Waals surface area contributed by atoms with Gasteiger partial charge in [-0.2, -0.15) is 0 Å². The Morgan fingerprint density at radius 1 is 0.957 bits per heavy atom. The number of carbonyl (C=O) groups is 2. The molecule has 0 saturated heterocycles. The first-order chi connectivity index (χ1) is 23.0. The monoisotopic (exact) mass is 644 g/mol. The molecular weight excluding hydrogens is 595 g/mol. The van der Waals surface area contributed by atoms with E-state index in [-0.39, 0.29) is 18.4 Å². The second-order valence-corrected chi connectivity index (χ2v) is 12.7. The molecule has 4 atom stereocenters. The molecule has 0 saturated carbocycles. The molecule has 7 nitrogen and oxygen atoms in total. The summed E-state index contributed by atoms with van der Waals surface area (Å²) in [6, 6.07) is 17.7. The number of aliphatic hydroxyl groups excluding tert-OH is 2. The summed E-state index contributed by atoms with van der Waals surface area (Å²) in [7, 11) is 0. The summed E-state index contributed by atoms with van der Waals surface area (Å²) in [5.41, 5.74) is 8.67. The number of aliphatic hydroxyl groups is 2. The highest BCUT2D eigenvalue weighted by atomic mass is 19.1. The fraction of sp³-hybridized carbons (Fsp3) is 0.385. The lowest BCUT2D eigenvalue weighted by atomic mass is 9.89. The van der Waals surface area contributed by atoms with E-state index in [1.165, 1.54) is 12.1 Å². The maximum atomic E-state index is 14.7. The SMILES string of the molecule is [2H]C([2H])(C(=O)O)[C@H](O)C[C@H](O)C(C)Cn1c(-c2ccc(F)cc2)c(-c2cccc(C)c2C)c(C(=O)Nc2ccc(C)c(C)c2)c1C(C)CC. The van der Waals surface area contributed by atoms with Gasteiger partial charge in [-0.15, -0.1) is 0 Å². The minimum Gasteiger partial charge on any atom is -0.481 e. The molecule has 8 heteroatoms. The topological polar surface area (TPSA) is 112 Å². The number of benzene rings is 3. The first kappa shape index (κ1) is 32.7. The molecule has 0 aliphatic carbocycles. The second kappa shape index (κ2) is 15.1. The Labute approximate surface area is 279 Å². The number of aryl methyl sites for hydroxylation is 3. The summed E-state index contributed by atoms with van der Waals surface area (Å²) in [5.74, 6) is -3.35. The van der Waals surface area contributed by atoms with E-state index >= 15 is 0 Å². The van der Waals surface area contributed by atoms with Gasteiger partial charge < -0.3 is 25.2 Å². The largest absolute Gasteiger partial charge is 0.481 e. The Kier molecular flexibility index (Phi) is 10.5. The quantitative estimate of drug-likeness (QED) is 0.117. The summed E-state index contributed by atoms with van der Waals surface area (Å²) in [6.07, 6.45) is -6.06. The average Bonchev–Trinajstić information content (AvgIpc) is 3.38. The van der Waals surface area contributed by atoms with Gasteiger partial charge in [0.1, 0.15) is 5.82 Å². The normalized spacial score (nSPS) is 14.9. The number of aliphatic carboxylic acids is 1. The zero-order valence-corrected chi connectivity index (χ0v) is 28.2. The molecule has 1 aromatic heterocycles. The lowest BCUT2D eigenvalue weighted by molar-refractivity contribution is -0.139. The van der Waals surface area contributed by atoms with Crippen LogP contribution in [0, 0.1) is 39.4 Å². The molecule has 2 unspecified atom stereocenters. The molecule has 47 heavy (non-hydrogen) atoms. The van der Waals surface area contributed by atoms with Crippen molar-refractivity contribution in [2.45, 2.75) is 92.4 Å². The number of carboxylic acid groups (broad SMARTS) is 1. The molecule has 0 spiro atoms. The van der Waals surface area contributed by atoms with Crippen molar-refractivity contribution in [3.05, 3.63) is 100.0 Å². The van der Waals surface area contributed by atoms with Crippen molar-refractivity contribution < 1.29 is 32.0 Å². The van der Waals surface area contributed by atoms with Crippen LogP contribution in [0.25, 0.3) is 22.4 Å². The number of nitrogens with one attached hydrogen (secondary N) is 1. The summed E-state index contributed by atoms with van der Waals surface area (Å²) >= 11 is 0. The van der Waals surface area contributed by atoms with E-state index in [0.29, 0.717) is 40.2 Å². The number of nitrogens with zero attached hydrogens (tertiary/aromatic N) is 1. The van der Waals surface area contributed by atoms with Crippen molar-refractivity contribution in [2.24, 2.45) is 5.92 Å². The summed E-state index contributed by atoms with van der Waals surface area (Å²) in [6.45, 7) is 13.9. The molecule has 250 valence electrons. The number of rotatable bonds is 13. The van der Waals surface area contributed by atoms with E-state index in [2.05, 4.69) is 5.32 Å². The average molecular weight is 645 g/mol. The van der Waals surface area contributed by atoms with E-state index in [0.717, 1.165) is 27.8 Å². The van der Waals surface area contributed by atoms with Crippen molar-refractivity contribution in [3.63, 3.8) is 0 Å². The highest BCUT2D eigenvalue weighted by molar-refractivity contribution is 6.13. The molecule has 1 amide bonds. The third-order valence-electron chi connectivity index (χ3n) is 9.25. The van der Waals surface area contributed by atoms with Crippen LogP contribution in [0.15, 0.2) is 60.7 Å². The van der Waals surface area contributed by atoms with Gasteiger partial charge in [-0.3, -0.25) is 9.59 Å². The number of hydrogen-bond donors (Lipinski definition) is 4. The zero-order chi connectivity index (χ0) is 36.4. The predicted octanol–water partition coefficient (Wildman–Crippen LogP) is 8.18. The van der Waals surface area contributed by atoms with Gasteiger partial charge in [-0.25, -0.2) is 4.39 Å². The Hall–Kier alpha value is -4.27. The molecule has 0 fully saturated rings. The van der Waals surface area contributed by atoms with E-state index in [1.54, 1.807) is 19.1 Å². The molecule has 4 aromatic rings. The molecule has 0 aliphatic heterocycles. The minimum absolute atomic E-state index is 0.130. The van der Waals surface area contributed by atoms with Crippen LogP contribution < -0.4 is 5.32 Å². The molecule has 1 heterocycles. The fourth-order valence-corrected chi connectivity index (χ4v) is 6.04. The van der Waals surface area contributed by atoms with E-state index < -0.39 is 42.7 Å². The van der Waals surface area contributed by atoms with Crippen LogP contribution in [0.3, 0.4) is 0 Å². The zero-order valence-electron chi connectivity index (χ0n) is 30.2. The van der Waals surface area contributed by atoms with Gasteiger partial charge in [0, 0.05) is 38.6 Å². The smallest absolute Gasteiger partial charge is 0.305 e. The van der Waals surface area contributed by atoms with Gasteiger partial charge >= 0.3 is 5.97 Å². The van der Waals surface area contributed by atoms with Crippen LogP contribution in [-0.2, 0) is 11.3 Å². The van der Waals surface area contributed by atoms with Crippen LogP contribution in [0.4, 0.5) is 10.1 Å². The van der Waals surface area contributed by atoms with Crippen LogP contribution in [0.1, 0.15) is 87.0 Å². The molecular formula is C39H47FN2O5. The van der Waals surface area contributed by atoms with Crippen molar-refractivity contribution in [2.75, 3.05) is 5.32 Å². The Morgan fingerprint density at radius 3 is 2.26 bits per heavy atom. The summed E-state index contributed by atoms with van der Waals surface area (Å²) in [4.78, 5) is 26.1. The van der Waals surface area contributed by atoms with Crippen LogP contribution in [-0.4, -0.2) is 44.0 Å². The van der Waals surface area contributed by atoms with Crippen LogP contribution in [0.2, 0.25) is 0 Å². The lowest BCUT2D eigenvalue weighted by Crippen LogP contribution is -2.29. The van der Waals surface area contributed by atoms with Gasteiger partial charge in [-0.05, 0) is 110 Å². The highest BCUT2D eigenvalue weighted by Crippen LogP contribution is 2.45. The first-order valence-corrected chi connectivity index (χ1v) is 16.1. The summed E-state index contributed by atoms with van der Waals surface area (Å²) < 4.78 is 31.9. The van der Waals surface area contributed by atoms with Gasteiger partial charge in [-0.1, -0.05) is 45.0 Å². The van der Waals surface area contributed by atoms with Gasteiger partial charge in [0.25, 0.3) is 5.91 Å². The maximum Gasteiger partial charge on any atom is 0.305 e. The fourth-order valence-electron chi connectivity index (χ4n) is 6.04. The first-order valence-electron chi connectivity index (χ1n) is 17.1. The molecule has 0 radical (unpaired) electrons. The van der Waals surface area contributed by atoms with Crippen LogP contribution in [0.5, 0.6) is 0 Å². The Bertz CT molecular complexity index is 1840. The molecule has 4 N–H and O–H groups in total. The molecule has 4 rings (SSSR count). The van der Waals surface area contributed by atoms with E-state index in [9.17, 15) is 29.3 Å². The third-order valence-corrected chi connectivity index (χ3v) is 9.25. The highest BCUT2D eigenvalue weighted by Gasteiger charge is 2.33. The molecule has 0 aliphatic rings. The number of aromatic nitrogens is 1. The van der Waals surface area contributed by atoms with Crippen molar-refractivity contribution in [3.8, 4) is 22.4 Å². The number of anilines is 1. The van der Waals surface area contributed by atoms with Crippen molar-refractivity contribution in [1.29, 1.82) is 0 Å². The van der Waals surface area contributed by atoms with Gasteiger partial charge in [0.2, 0.25) is 0 Å². The van der Waals surface area contributed by atoms with Crippen molar-refractivity contribution in [1.82, 2.24) is 4.57 Å². The molecule has 0 bridgehead atoms. The lowest BCUT2D eigenvalue weighted by Gasteiger charge is -2.26. The minimum atomic E-state index is -2.95. The van der Waals surface area contributed by atoms with Crippen LogP contribution >= 0.6 is 0 Å². The van der Waals surface area contributed by atoms with Gasteiger partial charge in [0.15, 0.2) is 0 Å². The number of amides is 1.